The summed E-state index contributed by atoms with van der Waals surface area (Å²) in [6, 6.07) is 2.96. The van der Waals surface area contributed by atoms with Gasteiger partial charge in [-0.15, -0.1) is 0 Å². The lowest BCUT2D eigenvalue weighted by molar-refractivity contribution is -0.118. The number of rotatable bonds is 3. The van der Waals surface area contributed by atoms with E-state index < -0.39 is 18.0 Å². The van der Waals surface area contributed by atoms with Crippen molar-refractivity contribution in [3.8, 4) is 5.75 Å². The Hall–Kier alpha value is -2.15. The van der Waals surface area contributed by atoms with Crippen molar-refractivity contribution in [3.05, 3.63) is 51.5 Å². The van der Waals surface area contributed by atoms with E-state index in [0.717, 1.165) is 0 Å². The second-order valence-electron chi connectivity index (χ2n) is 5.94. The van der Waals surface area contributed by atoms with Gasteiger partial charge in [0, 0.05) is 12.4 Å². The van der Waals surface area contributed by atoms with Gasteiger partial charge in [0.1, 0.15) is 5.69 Å². The van der Waals surface area contributed by atoms with E-state index in [4.69, 9.17) is 33.0 Å². The van der Waals surface area contributed by atoms with Gasteiger partial charge in [0.2, 0.25) is 0 Å². The van der Waals surface area contributed by atoms with E-state index in [-0.39, 0.29) is 38.4 Å². The number of benzene rings is 1. The summed E-state index contributed by atoms with van der Waals surface area (Å²) in [5, 5.41) is 20.1. The molecule has 0 amide bonds. The molecule has 8 heteroatoms. The molecule has 1 aliphatic rings. The highest BCUT2D eigenvalue weighted by Crippen LogP contribution is 2.47. The third-order valence-corrected chi connectivity index (χ3v) is 4.68. The molecule has 0 fully saturated rings. The summed E-state index contributed by atoms with van der Waals surface area (Å²) in [4.78, 5) is 21.5. The Bertz CT molecular complexity index is 910. The molecule has 0 radical (unpaired) electrons. The molecule has 1 aliphatic carbocycles. The number of ether oxygens (including phenoxy) is 1. The zero-order chi connectivity index (χ0) is 18.4. The molecule has 0 spiro atoms. The van der Waals surface area contributed by atoms with Crippen molar-refractivity contribution in [2.45, 2.75) is 19.3 Å². The van der Waals surface area contributed by atoms with Crippen LogP contribution in [0.5, 0.6) is 5.75 Å². The molecular weight excluding hydrogens is 367 g/mol. The SMILES string of the molecule is CC1(C)C(=O)C(c2c(Cl)ccc(Cl)c2OCO)=C(O)c2nccnc21. The molecular formula is C17H14Cl2N2O4. The van der Waals surface area contributed by atoms with Gasteiger partial charge in [-0.3, -0.25) is 9.78 Å². The first-order valence-corrected chi connectivity index (χ1v) is 8.08. The minimum absolute atomic E-state index is 0.00899. The Balaban J connectivity index is 2.39. The van der Waals surface area contributed by atoms with Crippen molar-refractivity contribution in [2.24, 2.45) is 0 Å². The van der Waals surface area contributed by atoms with Gasteiger partial charge in [-0.1, -0.05) is 23.2 Å². The second kappa shape index (κ2) is 6.29. The average Bonchev–Trinajstić information content (AvgIpc) is 2.59. The number of fused-ring (bicyclic) bond motifs is 1. The Kier molecular flexibility index (Phi) is 4.45. The quantitative estimate of drug-likeness (QED) is 0.792. The first kappa shape index (κ1) is 17.7. The molecule has 25 heavy (non-hydrogen) atoms. The zero-order valence-corrected chi connectivity index (χ0v) is 14.9. The third-order valence-electron chi connectivity index (χ3n) is 4.06. The summed E-state index contributed by atoms with van der Waals surface area (Å²) >= 11 is 12.4. The molecule has 0 unspecified atom stereocenters. The average molecular weight is 381 g/mol. The Morgan fingerprint density at radius 3 is 2.48 bits per heavy atom. The van der Waals surface area contributed by atoms with Crippen molar-refractivity contribution in [1.29, 1.82) is 0 Å². The highest BCUT2D eigenvalue weighted by atomic mass is 35.5. The molecule has 130 valence electrons. The number of ketones is 1. The van der Waals surface area contributed by atoms with Crippen LogP contribution in [-0.4, -0.2) is 32.8 Å². The van der Waals surface area contributed by atoms with Crippen LogP contribution in [-0.2, 0) is 10.2 Å². The van der Waals surface area contributed by atoms with E-state index in [9.17, 15) is 9.90 Å². The number of allylic oxidation sites excluding steroid dienone is 1. The second-order valence-corrected chi connectivity index (χ2v) is 6.75. The molecule has 1 heterocycles. The van der Waals surface area contributed by atoms with Crippen molar-refractivity contribution in [2.75, 3.05) is 6.79 Å². The minimum atomic E-state index is -1.05. The van der Waals surface area contributed by atoms with Gasteiger partial charge >= 0.3 is 0 Å². The molecule has 2 N–H and O–H groups in total. The number of aliphatic hydroxyl groups is 2. The van der Waals surface area contributed by atoms with Crippen LogP contribution >= 0.6 is 23.2 Å². The third kappa shape index (κ3) is 2.66. The molecule has 1 aromatic heterocycles. The number of Topliss-reactive ketones (excluding diaryl/α,β-unsaturated/α-hetero) is 1. The van der Waals surface area contributed by atoms with E-state index in [1.807, 2.05) is 0 Å². The normalized spacial score (nSPS) is 16.0. The molecule has 6 nitrogen and oxygen atoms in total. The Morgan fingerprint density at radius 1 is 1.16 bits per heavy atom. The molecule has 1 aromatic carbocycles. The Morgan fingerprint density at radius 2 is 1.80 bits per heavy atom. The van der Waals surface area contributed by atoms with Gasteiger partial charge in [-0.25, -0.2) is 4.98 Å². The lowest BCUT2D eigenvalue weighted by atomic mass is 9.73. The van der Waals surface area contributed by atoms with Crippen molar-refractivity contribution >= 4 is 40.3 Å². The summed E-state index contributed by atoms with van der Waals surface area (Å²) < 4.78 is 5.16. The fourth-order valence-electron chi connectivity index (χ4n) is 2.82. The predicted molar refractivity (Wildman–Crippen MR) is 93.7 cm³/mol. The number of aliphatic hydroxyl groups excluding tert-OH is 2. The smallest absolute Gasteiger partial charge is 0.186 e. The van der Waals surface area contributed by atoms with Crippen LogP contribution in [0, 0.1) is 0 Å². The predicted octanol–water partition coefficient (Wildman–Crippen LogP) is 3.40. The van der Waals surface area contributed by atoms with E-state index in [0.29, 0.717) is 5.69 Å². The first-order chi connectivity index (χ1) is 11.8. The number of hydrogen-bond donors (Lipinski definition) is 2. The fourth-order valence-corrected chi connectivity index (χ4v) is 3.27. The number of carbonyl (C=O) groups excluding carboxylic acids is 1. The van der Waals surface area contributed by atoms with E-state index in [2.05, 4.69) is 9.97 Å². The maximum absolute atomic E-state index is 13.1. The van der Waals surface area contributed by atoms with Crippen LogP contribution < -0.4 is 4.74 Å². The molecule has 2 aromatic rings. The maximum atomic E-state index is 13.1. The summed E-state index contributed by atoms with van der Waals surface area (Å²) in [6.45, 7) is 2.69. The molecule has 0 aliphatic heterocycles. The van der Waals surface area contributed by atoms with Crippen LogP contribution in [0.2, 0.25) is 10.0 Å². The summed E-state index contributed by atoms with van der Waals surface area (Å²) in [5.41, 5.74) is -0.464. The lowest BCUT2D eigenvalue weighted by Crippen LogP contribution is -2.36. The van der Waals surface area contributed by atoms with Gasteiger partial charge in [0.15, 0.2) is 24.1 Å². The lowest BCUT2D eigenvalue weighted by Gasteiger charge is -2.31. The standard InChI is InChI=1S/C17H14Cl2N2O4/c1-17(2)15-12(20-5-6-21-15)13(23)11(16(17)24)10-8(18)3-4-9(19)14(10)25-7-22/h3-6,22-23H,7H2,1-2H3. The van der Waals surface area contributed by atoms with Crippen LogP contribution in [0.4, 0.5) is 0 Å². The van der Waals surface area contributed by atoms with Gasteiger partial charge in [-0.2, -0.15) is 0 Å². The van der Waals surface area contributed by atoms with Gasteiger partial charge in [0.25, 0.3) is 0 Å². The molecule has 0 saturated carbocycles. The van der Waals surface area contributed by atoms with Crippen molar-refractivity contribution in [1.82, 2.24) is 9.97 Å². The summed E-state index contributed by atoms with van der Waals surface area (Å²) in [6.07, 6.45) is 2.88. The highest BCUT2D eigenvalue weighted by molar-refractivity contribution is 6.41. The Labute approximate surface area is 153 Å². The molecule has 0 saturated heterocycles. The van der Waals surface area contributed by atoms with Crippen LogP contribution in [0.1, 0.15) is 30.8 Å². The van der Waals surface area contributed by atoms with Gasteiger partial charge in [-0.05, 0) is 26.0 Å². The van der Waals surface area contributed by atoms with E-state index in [1.165, 1.54) is 24.5 Å². The number of hydrogen-bond acceptors (Lipinski definition) is 6. The number of halogens is 2. The fraction of sp³-hybridized carbons (Fsp3) is 0.235. The number of nitrogens with zero attached hydrogens (tertiary/aromatic N) is 2. The van der Waals surface area contributed by atoms with Crippen LogP contribution in [0.15, 0.2) is 24.5 Å². The van der Waals surface area contributed by atoms with Gasteiger partial charge in [0.05, 0.1) is 32.3 Å². The summed E-state index contributed by atoms with van der Waals surface area (Å²) in [7, 11) is 0. The maximum Gasteiger partial charge on any atom is 0.186 e. The molecule has 0 bridgehead atoms. The van der Waals surface area contributed by atoms with E-state index >= 15 is 0 Å². The zero-order valence-electron chi connectivity index (χ0n) is 13.4. The largest absolute Gasteiger partial charge is 0.505 e. The monoisotopic (exact) mass is 380 g/mol. The van der Waals surface area contributed by atoms with Crippen LogP contribution in [0.25, 0.3) is 11.3 Å². The van der Waals surface area contributed by atoms with Gasteiger partial charge < -0.3 is 14.9 Å². The number of carbonyl (C=O) groups is 1. The van der Waals surface area contributed by atoms with Crippen molar-refractivity contribution in [3.63, 3.8) is 0 Å². The molecule has 0 atom stereocenters. The first-order valence-electron chi connectivity index (χ1n) is 7.32. The topological polar surface area (TPSA) is 92.5 Å². The summed E-state index contributed by atoms with van der Waals surface area (Å²) in [5.74, 6) is -0.765. The van der Waals surface area contributed by atoms with E-state index in [1.54, 1.807) is 13.8 Å². The van der Waals surface area contributed by atoms with Crippen molar-refractivity contribution < 1.29 is 19.7 Å². The highest BCUT2D eigenvalue weighted by Gasteiger charge is 2.44. The minimum Gasteiger partial charge on any atom is -0.505 e. The van der Waals surface area contributed by atoms with Crippen LogP contribution in [0.3, 0.4) is 0 Å². The molecule has 3 rings (SSSR count). The number of aromatic nitrogens is 2.